The van der Waals surface area contributed by atoms with Gasteiger partial charge in [0.15, 0.2) is 0 Å². The second kappa shape index (κ2) is 8.66. The van der Waals surface area contributed by atoms with Crippen LogP contribution in [0.1, 0.15) is 22.8 Å². The van der Waals surface area contributed by atoms with E-state index in [0.29, 0.717) is 38.3 Å². The maximum absolute atomic E-state index is 13.0. The first-order valence-corrected chi connectivity index (χ1v) is 9.11. The van der Waals surface area contributed by atoms with E-state index in [-0.39, 0.29) is 24.1 Å². The first-order chi connectivity index (χ1) is 13.1. The smallest absolute Gasteiger partial charge is 0.253 e. The standard InChI is InChI=1S/C21H23FN2O3/c1-2-27-19-9-5-17(6-10-19)21(26)24-13-11-23(12-14-24)20(25)15-16-3-7-18(22)8-4-16/h3-10H,2,11-15H2,1H3. The third-order valence-electron chi connectivity index (χ3n) is 4.60. The molecule has 1 heterocycles. The van der Waals surface area contributed by atoms with Crippen molar-refractivity contribution in [2.45, 2.75) is 13.3 Å². The number of ether oxygens (including phenoxy) is 1. The van der Waals surface area contributed by atoms with Crippen molar-refractivity contribution in [2.75, 3.05) is 32.8 Å². The Morgan fingerprint density at radius 1 is 0.926 bits per heavy atom. The van der Waals surface area contributed by atoms with Crippen LogP contribution in [-0.2, 0) is 11.2 Å². The average molecular weight is 370 g/mol. The Labute approximate surface area is 158 Å². The minimum Gasteiger partial charge on any atom is -0.494 e. The molecule has 5 nitrogen and oxygen atoms in total. The van der Waals surface area contributed by atoms with Crippen LogP contribution in [0.4, 0.5) is 4.39 Å². The zero-order valence-corrected chi connectivity index (χ0v) is 15.4. The topological polar surface area (TPSA) is 49.9 Å². The molecule has 0 radical (unpaired) electrons. The summed E-state index contributed by atoms with van der Waals surface area (Å²) < 4.78 is 18.4. The van der Waals surface area contributed by atoms with Crippen LogP contribution in [0, 0.1) is 5.82 Å². The van der Waals surface area contributed by atoms with Crippen LogP contribution in [0.3, 0.4) is 0 Å². The van der Waals surface area contributed by atoms with E-state index in [2.05, 4.69) is 0 Å². The van der Waals surface area contributed by atoms with Crippen molar-refractivity contribution in [3.63, 3.8) is 0 Å². The summed E-state index contributed by atoms with van der Waals surface area (Å²) >= 11 is 0. The van der Waals surface area contributed by atoms with Crippen LogP contribution >= 0.6 is 0 Å². The summed E-state index contributed by atoms with van der Waals surface area (Å²) in [5.74, 6) is 0.385. The van der Waals surface area contributed by atoms with Gasteiger partial charge in [-0.1, -0.05) is 12.1 Å². The van der Waals surface area contributed by atoms with Gasteiger partial charge in [0.1, 0.15) is 11.6 Å². The van der Waals surface area contributed by atoms with Crippen molar-refractivity contribution in [1.29, 1.82) is 0 Å². The fraction of sp³-hybridized carbons (Fsp3) is 0.333. The predicted molar refractivity (Wildman–Crippen MR) is 100 cm³/mol. The second-order valence-electron chi connectivity index (χ2n) is 6.43. The first kappa shape index (κ1) is 18.9. The summed E-state index contributed by atoms with van der Waals surface area (Å²) in [6, 6.07) is 13.1. The summed E-state index contributed by atoms with van der Waals surface area (Å²) in [4.78, 5) is 28.5. The molecule has 0 unspecified atom stereocenters. The molecule has 2 amide bonds. The molecule has 142 valence electrons. The highest BCUT2D eigenvalue weighted by Crippen LogP contribution is 2.15. The van der Waals surface area contributed by atoms with E-state index in [1.54, 1.807) is 46.2 Å². The Kier molecular flexibility index (Phi) is 6.06. The van der Waals surface area contributed by atoms with E-state index in [4.69, 9.17) is 4.74 Å². The maximum atomic E-state index is 13.0. The molecule has 6 heteroatoms. The van der Waals surface area contributed by atoms with Crippen LogP contribution in [0.15, 0.2) is 48.5 Å². The van der Waals surface area contributed by atoms with Gasteiger partial charge in [-0.2, -0.15) is 0 Å². The number of hydrogen-bond acceptors (Lipinski definition) is 3. The number of nitrogens with zero attached hydrogens (tertiary/aromatic N) is 2. The quantitative estimate of drug-likeness (QED) is 0.813. The van der Waals surface area contributed by atoms with E-state index < -0.39 is 0 Å². The fourth-order valence-corrected chi connectivity index (χ4v) is 3.09. The number of rotatable bonds is 5. The van der Waals surface area contributed by atoms with Gasteiger partial charge < -0.3 is 14.5 Å². The highest BCUT2D eigenvalue weighted by atomic mass is 19.1. The Morgan fingerprint density at radius 3 is 2.11 bits per heavy atom. The minimum atomic E-state index is -0.312. The summed E-state index contributed by atoms with van der Waals surface area (Å²) in [7, 11) is 0. The number of amides is 2. The van der Waals surface area contributed by atoms with Crippen LogP contribution < -0.4 is 4.74 Å². The highest BCUT2D eigenvalue weighted by molar-refractivity contribution is 5.94. The number of carbonyl (C=O) groups is 2. The van der Waals surface area contributed by atoms with Crippen LogP contribution in [-0.4, -0.2) is 54.4 Å². The van der Waals surface area contributed by atoms with E-state index in [9.17, 15) is 14.0 Å². The molecule has 3 rings (SSSR count). The molecule has 0 atom stereocenters. The molecule has 1 fully saturated rings. The molecule has 1 aliphatic heterocycles. The lowest BCUT2D eigenvalue weighted by atomic mass is 10.1. The average Bonchev–Trinajstić information content (AvgIpc) is 2.70. The maximum Gasteiger partial charge on any atom is 0.253 e. The van der Waals surface area contributed by atoms with Gasteiger partial charge in [0.25, 0.3) is 5.91 Å². The van der Waals surface area contributed by atoms with Gasteiger partial charge in [-0.15, -0.1) is 0 Å². The molecule has 2 aromatic rings. The number of hydrogen-bond donors (Lipinski definition) is 0. The third-order valence-corrected chi connectivity index (χ3v) is 4.60. The summed E-state index contributed by atoms with van der Waals surface area (Å²) in [5.41, 5.74) is 1.40. The predicted octanol–water partition coefficient (Wildman–Crippen LogP) is 2.75. The molecular formula is C21H23FN2O3. The summed E-state index contributed by atoms with van der Waals surface area (Å²) in [5, 5.41) is 0. The molecule has 27 heavy (non-hydrogen) atoms. The van der Waals surface area contributed by atoms with Crippen molar-refractivity contribution in [3.8, 4) is 5.75 Å². The van der Waals surface area contributed by atoms with Crippen LogP contribution in [0.25, 0.3) is 0 Å². The van der Waals surface area contributed by atoms with Gasteiger partial charge in [0.2, 0.25) is 5.91 Å². The van der Waals surface area contributed by atoms with Gasteiger partial charge in [0, 0.05) is 31.7 Å². The van der Waals surface area contributed by atoms with Crippen molar-refractivity contribution in [1.82, 2.24) is 9.80 Å². The Hall–Kier alpha value is -2.89. The van der Waals surface area contributed by atoms with Gasteiger partial charge in [-0.05, 0) is 48.9 Å². The molecule has 0 saturated carbocycles. The summed E-state index contributed by atoms with van der Waals surface area (Å²) in [6.45, 7) is 4.51. The molecule has 0 aromatic heterocycles. The molecule has 1 aliphatic rings. The van der Waals surface area contributed by atoms with Crippen molar-refractivity contribution in [3.05, 3.63) is 65.5 Å². The Bertz CT molecular complexity index is 782. The number of benzene rings is 2. The second-order valence-corrected chi connectivity index (χ2v) is 6.43. The molecule has 0 bridgehead atoms. The van der Waals surface area contributed by atoms with E-state index in [1.807, 2.05) is 6.92 Å². The Morgan fingerprint density at radius 2 is 1.52 bits per heavy atom. The molecule has 0 N–H and O–H groups in total. The van der Waals surface area contributed by atoms with Crippen molar-refractivity contribution in [2.24, 2.45) is 0 Å². The first-order valence-electron chi connectivity index (χ1n) is 9.11. The van der Waals surface area contributed by atoms with Gasteiger partial charge in [-0.25, -0.2) is 4.39 Å². The van der Waals surface area contributed by atoms with E-state index in [1.165, 1.54) is 12.1 Å². The molecular weight excluding hydrogens is 347 g/mol. The van der Waals surface area contributed by atoms with Gasteiger partial charge in [-0.3, -0.25) is 9.59 Å². The SMILES string of the molecule is CCOc1ccc(C(=O)N2CCN(C(=O)Cc3ccc(F)cc3)CC2)cc1. The lowest BCUT2D eigenvalue weighted by molar-refractivity contribution is -0.131. The van der Waals surface area contributed by atoms with Crippen LogP contribution in [0.5, 0.6) is 5.75 Å². The highest BCUT2D eigenvalue weighted by Gasteiger charge is 2.24. The van der Waals surface area contributed by atoms with E-state index >= 15 is 0 Å². The normalized spacial score (nSPS) is 14.1. The number of halogens is 1. The fourth-order valence-electron chi connectivity index (χ4n) is 3.09. The van der Waals surface area contributed by atoms with Crippen LogP contribution in [0.2, 0.25) is 0 Å². The third kappa shape index (κ3) is 4.84. The molecule has 2 aromatic carbocycles. The van der Waals surface area contributed by atoms with Gasteiger partial charge >= 0.3 is 0 Å². The molecule has 1 saturated heterocycles. The van der Waals surface area contributed by atoms with E-state index in [0.717, 1.165) is 11.3 Å². The molecule has 0 aliphatic carbocycles. The largest absolute Gasteiger partial charge is 0.494 e. The lowest BCUT2D eigenvalue weighted by Crippen LogP contribution is -2.51. The summed E-state index contributed by atoms with van der Waals surface area (Å²) in [6.07, 6.45) is 0.243. The zero-order valence-electron chi connectivity index (χ0n) is 15.4. The lowest BCUT2D eigenvalue weighted by Gasteiger charge is -2.35. The van der Waals surface area contributed by atoms with Crippen molar-refractivity contribution < 1.29 is 18.7 Å². The monoisotopic (exact) mass is 370 g/mol. The number of piperazine rings is 1. The van der Waals surface area contributed by atoms with Crippen molar-refractivity contribution >= 4 is 11.8 Å². The molecule has 0 spiro atoms. The zero-order chi connectivity index (χ0) is 19.2. The van der Waals surface area contributed by atoms with Gasteiger partial charge in [0.05, 0.1) is 13.0 Å². The minimum absolute atomic E-state index is 0.00484. The Balaban J connectivity index is 1.52. The number of carbonyl (C=O) groups excluding carboxylic acids is 2.